The number of carbonyl (C=O) groups excluding carboxylic acids is 4. The van der Waals surface area contributed by atoms with Gasteiger partial charge in [-0.25, -0.2) is 4.79 Å². The van der Waals surface area contributed by atoms with Gasteiger partial charge in [0.15, 0.2) is 18.2 Å². The number of esters is 1. The van der Waals surface area contributed by atoms with Crippen molar-refractivity contribution in [3.05, 3.63) is 70.3 Å². The molecule has 1 heterocycles. The Hall–Kier alpha value is -3.28. The molecule has 154 valence electrons. The van der Waals surface area contributed by atoms with Gasteiger partial charge in [-0.3, -0.25) is 14.4 Å². The van der Waals surface area contributed by atoms with Gasteiger partial charge >= 0.3 is 5.97 Å². The van der Waals surface area contributed by atoms with Crippen LogP contribution in [0.4, 0.5) is 0 Å². The molecule has 0 spiro atoms. The van der Waals surface area contributed by atoms with E-state index in [4.69, 9.17) is 4.74 Å². The molecule has 2 atom stereocenters. The van der Waals surface area contributed by atoms with Crippen molar-refractivity contribution in [2.45, 2.75) is 20.3 Å². The molecule has 0 unspecified atom stereocenters. The number of amides is 1. The molecular formula is C24H23NO5. The molecule has 0 aromatic heterocycles. The summed E-state index contributed by atoms with van der Waals surface area (Å²) in [6, 6.07) is 11.1. The van der Waals surface area contributed by atoms with E-state index in [-0.39, 0.29) is 40.6 Å². The van der Waals surface area contributed by atoms with Gasteiger partial charge in [-0.05, 0) is 24.3 Å². The lowest BCUT2D eigenvalue weighted by Crippen LogP contribution is -2.44. The molecule has 30 heavy (non-hydrogen) atoms. The first-order valence-corrected chi connectivity index (χ1v) is 10.1. The van der Waals surface area contributed by atoms with Crippen molar-refractivity contribution in [1.29, 1.82) is 0 Å². The summed E-state index contributed by atoms with van der Waals surface area (Å²) >= 11 is 0. The Morgan fingerprint density at radius 3 is 2.17 bits per heavy atom. The Kier molecular flexibility index (Phi) is 5.24. The summed E-state index contributed by atoms with van der Waals surface area (Å²) in [7, 11) is 0. The van der Waals surface area contributed by atoms with Crippen LogP contribution in [0.25, 0.3) is 0 Å². The number of hydrogen-bond donors (Lipinski definition) is 0. The maximum atomic E-state index is 13.0. The van der Waals surface area contributed by atoms with E-state index in [1.807, 2.05) is 0 Å². The fourth-order valence-electron chi connectivity index (χ4n) is 4.48. The molecule has 0 radical (unpaired) electrons. The topological polar surface area (TPSA) is 80.8 Å². The van der Waals surface area contributed by atoms with Crippen LogP contribution in [0.3, 0.4) is 0 Å². The van der Waals surface area contributed by atoms with Gasteiger partial charge in [0.2, 0.25) is 0 Å². The third-order valence-corrected chi connectivity index (χ3v) is 5.72. The minimum atomic E-state index is -0.779. The second kappa shape index (κ2) is 7.86. The number of likely N-dealkylation sites (tertiary alicyclic amines) is 1. The zero-order chi connectivity index (χ0) is 21.4. The average molecular weight is 405 g/mol. The highest BCUT2D eigenvalue weighted by Crippen LogP contribution is 2.30. The minimum absolute atomic E-state index is 0.00790. The van der Waals surface area contributed by atoms with Crippen LogP contribution in [0.1, 0.15) is 62.5 Å². The predicted octanol–water partition coefficient (Wildman–Crippen LogP) is 3.12. The van der Waals surface area contributed by atoms with E-state index in [0.29, 0.717) is 30.5 Å². The van der Waals surface area contributed by atoms with Crippen molar-refractivity contribution in [1.82, 2.24) is 4.90 Å². The summed E-state index contributed by atoms with van der Waals surface area (Å²) < 4.78 is 5.26. The number of ether oxygens (including phenoxy) is 1. The van der Waals surface area contributed by atoms with Crippen LogP contribution < -0.4 is 0 Å². The molecule has 6 heteroatoms. The number of hydrogen-bond acceptors (Lipinski definition) is 5. The smallest absolute Gasteiger partial charge is 0.339 e. The van der Waals surface area contributed by atoms with Crippen molar-refractivity contribution < 1.29 is 23.9 Å². The quantitative estimate of drug-likeness (QED) is 0.626. The second-order valence-corrected chi connectivity index (χ2v) is 8.25. The van der Waals surface area contributed by atoms with Crippen LogP contribution >= 0.6 is 0 Å². The molecule has 1 fully saturated rings. The summed E-state index contributed by atoms with van der Waals surface area (Å²) in [4.78, 5) is 52.8. The Labute approximate surface area is 174 Å². The molecule has 2 aromatic carbocycles. The maximum absolute atomic E-state index is 13.0. The normalized spacial score (nSPS) is 20.4. The lowest BCUT2D eigenvalue weighted by molar-refractivity contribution is -0.137. The first-order valence-electron chi connectivity index (χ1n) is 10.1. The maximum Gasteiger partial charge on any atom is 0.339 e. The van der Waals surface area contributed by atoms with E-state index in [9.17, 15) is 19.2 Å². The Balaban J connectivity index is 1.54. The molecule has 2 aromatic rings. The highest BCUT2D eigenvalue weighted by Gasteiger charge is 2.33. The van der Waals surface area contributed by atoms with Gasteiger partial charge in [0.25, 0.3) is 5.91 Å². The van der Waals surface area contributed by atoms with Gasteiger partial charge in [0.1, 0.15) is 0 Å². The first-order chi connectivity index (χ1) is 14.4. The summed E-state index contributed by atoms with van der Waals surface area (Å²) in [5, 5.41) is 0. The number of nitrogens with zero attached hydrogens (tertiary/aromatic N) is 1. The summed E-state index contributed by atoms with van der Waals surface area (Å²) in [6.45, 7) is 5.09. The third-order valence-electron chi connectivity index (χ3n) is 5.72. The molecule has 2 aliphatic rings. The van der Waals surface area contributed by atoms with E-state index in [0.717, 1.165) is 6.42 Å². The van der Waals surface area contributed by atoms with Crippen molar-refractivity contribution in [2.75, 3.05) is 19.7 Å². The molecule has 1 saturated heterocycles. The highest BCUT2D eigenvalue weighted by atomic mass is 16.5. The van der Waals surface area contributed by atoms with Gasteiger partial charge in [0, 0.05) is 35.3 Å². The van der Waals surface area contributed by atoms with Gasteiger partial charge in [-0.15, -0.1) is 0 Å². The molecular weight excluding hydrogens is 382 g/mol. The van der Waals surface area contributed by atoms with Crippen LogP contribution in [-0.2, 0) is 9.53 Å². The van der Waals surface area contributed by atoms with E-state index >= 15 is 0 Å². The third kappa shape index (κ3) is 3.54. The highest BCUT2D eigenvalue weighted by molar-refractivity contribution is 6.30. The predicted molar refractivity (Wildman–Crippen MR) is 110 cm³/mol. The summed E-state index contributed by atoms with van der Waals surface area (Å²) in [5.74, 6) is -0.922. The number of ketones is 2. The van der Waals surface area contributed by atoms with Crippen LogP contribution in [0.5, 0.6) is 0 Å². The molecule has 1 aliphatic heterocycles. The van der Waals surface area contributed by atoms with Crippen LogP contribution in [0, 0.1) is 11.8 Å². The molecule has 1 amide bonds. The lowest BCUT2D eigenvalue weighted by atomic mass is 9.82. The average Bonchev–Trinajstić information content (AvgIpc) is 2.74. The number of piperidine rings is 1. The number of rotatable bonds is 3. The largest absolute Gasteiger partial charge is 0.452 e. The molecule has 4 rings (SSSR count). The van der Waals surface area contributed by atoms with Crippen LogP contribution in [0.2, 0.25) is 0 Å². The lowest BCUT2D eigenvalue weighted by Gasteiger charge is -2.34. The van der Waals surface area contributed by atoms with Gasteiger partial charge < -0.3 is 9.64 Å². The number of carbonyl (C=O) groups is 4. The Bertz CT molecular complexity index is 1050. The van der Waals surface area contributed by atoms with Gasteiger partial charge in [0.05, 0.1) is 5.56 Å². The van der Waals surface area contributed by atoms with E-state index in [1.165, 1.54) is 12.1 Å². The van der Waals surface area contributed by atoms with E-state index < -0.39 is 11.8 Å². The summed E-state index contributed by atoms with van der Waals surface area (Å²) in [6.07, 6.45) is 1.07. The molecule has 0 bridgehead atoms. The van der Waals surface area contributed by atoms with Crippen LogP contribution in [-0.4, -0.2) is 48.0 Å². The minimum Gasteiger partial charge on any atom is -0.452 e. The number of fused-ring (bicyclic) bond motifs is 2. The zero-order valence-corrected chi connectivity index (χ0v) is 17.0. The number of benzene rings is 2. The second-order valence-electron chi connectivity index (χ2n) is 8.25. The fourth-order valence-corrected chi connectivity index (χ4v) is 4.48. The molecule has 1 aliphatic carbocycles. The van der Waals surface area contributed by atoms with Crippen molar-refractivity contribution in [3.63, 3.8) is 0 Å². The van der Waals surface area contributed by atoms with Crippen molar-refractivity contribution in [3.8, 4) is 0 Å². The summed E-state index contributed by atoms with van der Waals surface area (Å²) in [5.41, 5.74) is 0.817. The van der Waals surface area contributed by atoms with Crippen molar-refractivity contribution >= 4 is 23.4 Å². The fraction of sp³-hybridized carbons (Fsp3) is 0.333. The standard InChI is InChI=1S/C24H23NO5/c1-14-10-15(2)12-25(11-14)20(26)13-30-24(29)19-9-5-8-18-21(19)23(28)17-7-4-3-6-16(17)22(18)27/h3-9,14-15H,10-13H2,1-2H3/t14-,15-/m1/s1. The zero-order valence-electron chi connectivity index (χ0n) is 17.0. The monoisotopic (exact) mass is 405 g/mol. The molecule has 0 N–H and O–H groups in total. The molecule has 6 nitrogen and oxygen atoms in total. The van der Waals surface area contributed by atoms with Gasteiger partial charge in [-0.2, -0.15) is 0 Å². The van der Waals surface area contributed by atoms with Crippen molar-refractivity contribution in [2.24, 2.45) is 11.8 Å². The Morgan fingerprint density at radius 2 is 1.50 bits per heavy atom. The van der Waals surface area contributed by atoms with Gasteiger partial charge in [-0.1, -0.05) is 50.2 Å². The van der Waals surface area contributed by atoms with E-state index in [1.54, 1.807) is 35.2 Å². The van der Waals surface area contributed by atoms with E-state index in [2.05, 4.69) is 13.8 Å². The Morgan fingerprint density at radius 1 is 0.900 bits per heavy atom. The SMILES string of the molecule is C[C@@H]1C[C@@H](C)CN(C(=O)COC(=O)c2cccc3c2C(=O)c2ccccc2C3=O)C1. The van der Waals surface area contributed by atoms with Crippen LogP contribution in [0.15, 0.2) is 42.5 Å². The first kappa shape index (κ1) is 20.0. The molecule has 0 saturated carbocycles.